The van der Waals surface area contributed by atoms with Gasteiger partial charge in [-0.15, -0.1) is 0 Å². The third-order valence-electron chi connectivity index (χ3n) is 4.49. The Hall–Kier alpha value is -1.91. The Kier molecular flexibility index (Phi) is 4.37. The molecule has 0 fully saturated rings. The van der Waals surface area contributed by atoms with Crippen molar-refractivity contribution in [3.8, 4) is 0 Å². The number of carbonyl (C=O) groups is 1. The molecule has 0 saturated heterocycles. The van der Waals surface area contributed by atoms with Crippen molar-refractivity contribution in [2.75, 3.05) is 6.54 Å². The molecule has 0 unspecified atom stereocenters. The van der Waals surface area contributed by atoms with Crippen LogP contribution < -0.4 is 5.32 Å². The zero-order chi connectivity index (χ0) is 16.6. The fourth-order valence-electron chi connectivity index (χ4n) is 3.25. The molecule has 0 saturated carbocycles. The summed E-state index contributed by atoms with van der Waals surface area (Å²) >= 11 is 0. The first-order valence-electron chi connectivity index (χ1n) is 8.66. The lowest BCUT2D eigenvalue weighted by Crippen LogP contribution is -2.27. The van der Waals surface area contributed by atoms with Crippen molar-refractivity contribution in [2.45, 2.75) is 59.4 Å². The molecule has 1 aliphatic carbocycles. The van der Waals surface area contributed by atoms with Crippen LogP contribution in [0.4, 0.5) is 0 Å². The van der Waals surface area contributed by atoms with Gasteiger partial charge in [0.05, 0.1) is 17.1 Å². The van der Waals surface area contributed by atoms with Crippen LogP contribution in [0.25, 0.3) is 11.0 Å². The van der Waals surface area contributed by atoms with E-state index in [1.165, 1.54) is 0 Å². The Bertz CT molecular complexity index is 730. The van der Waals surface area contributed by atoms with E-state index in [1.54, 1.807) is 6.20 Å². The van der Waals surface area contributed by atoms with Crippen LogP contribution in [0.2, 0.25) is 0 Å². The van der Waals surface area contributed by atoms with E-state index >= 15 is 0 Å². The van der Waals surface area contributed by atoms with E-state index in [-0.39, 0.29) is 11.9 Å². The van der Waals surface area contributed by atoms with E-state index in [9.17, 15) is 4.79 Å². The molecule has 2 aromatic heterocycles. The van der Waals surface area contributed by atoms with Gasteiger partial charge in [-0.2, -0.15) is 5.10 Å². The second kappa shape index (κ2) is 6.30. The van der Waals surface area contributed by atoms with Crippen LogP contribution in [0.1, 0.15) is 68.2 Å². The fraction of sp³-hybridized carbons (Fsp3) is 0.611. The van der Waals surface area contributed by atoms with Crippen LogP contribution in [-0.4, -0.2) is 27.2 Å². The van der Waals surface area contributed by atoms with Gasteiger partial charge in [-0.1, -0.05) is 13.8 Å². The van der Waals surface area contributed by atoms with Crippen LogP contribution in [-0.2, 0) is 12.8 Å². The fourth-order valence-corrected chi connectivity index (χ4v) is 3.25. The zero-order valence-corrected chi connectivity index (χ0v) is 14.5. The average Bonchev–Trinajstić information content (AvgIpc) is 3.09. The summed E-state index contributed by atoms with van der Waals surface area (Å²) in [5.41, 5.74) is 3.85. The van der Waals surface area contributed by atoms with Crippen molar-refractivity contribution in [3.63, 3.8) is 0 Å². The lowest BCUT2D eigenvalue weighted by atomic mass is 10.0. The first kappa shape index (κ1) is 16.0. The summed E-state index contributed by atoms with van der Waals surface area (Å²) in [6, 6.07) is 0.233. The van der Waals surface area contributed by atoms with Crippen LogP contribution in [0.3, 0.4) is 0 Å². The number of amides is 1. The molecule has 1 aliphatic rings. The summed E-state index contributed by atoms with van der Waals surface area (Å²) in [6.07, 6.45) is 5.78. The molecule has 1 N–H and O–H groups in total. The number of nitrogens with one attached hydrogen (secondary N) is 1. The van der Waals surface area contributed by atoms with E-state index in [1.807, 2.05) is 4.68 Å². The highest BCUT2D eigenvalue weighted by atomic mass is 16.1. The molecule has 5 heteroatoms. The van der Waals surface area contributed by atoms with Gasteiger partial charge in [0, 0.05) is 18.3 Å². The molecule has 2 heterocycles. The minimum Gasteiger partial charge on any atom is -0.352 e. The van der Waals surface area contributed by atoms with E-state index in [0.29, 0.717) is 12.5 Å². The van der Waals surface area contributed by atoms with Gasteiger partial charge in [0.25, 0.3) is 5.91 Å². The predicted octanol–water partition coefficient (Wildman–Crippen LogP) is 3.28. The largest absolute Gasteiger partial charge is 0.352 e. The molecule has 0 bridgehead atoms. The second-order valence-electron chi connectivity index (χ2n) is 7.12. The molecular weight excluding hydrogens is 288 g/mol. The normalized spacial score (nSPS) is 14.0. The maximum atomic E-state index is 12.8. The molecule has 124 valence electrons. The number of hydrogen-bond donors (Lipinski definition) is 1. The molecule has 0 aromatic carbocycles. The Balaban J connectivity index is 2.02. The lowest BCUT2D eigenvalue weighted by Gasteiger charge is -2.13. The summed E-state index contributed by atoms with van der Waals surface area (Å²) in [7, 11) is 0. The van der Waals surface area contributed by atoms with Gasteiger partial charge in [-0.25, -0.2) is 9.67 Å². The van der Waals surface area contributed by atoms with E-state index in [0.717, 1.165) is 53.5 Å². The number of rotatable bonds is 5. The molecular formula is C18H26N4O. The van der Waals surface area contributed by atoms with Gasteiger partial charge in [-0.3, -0.25) is 4.79 Å². The minimum absolute atomic E-state index is 0.0273. The highest BCUT2D eigenvalue weighted by Crippen LogP contribution is 2.30. The third kappa shape index (κ3) is 2.96. The van der Waals surface area contributed by atoms with Crippen LogP contribution in [0, 0.1) is 5.92 Å². The van der Waals surface area contributed by atoms with Gasteiger partial charge in [-0.05, 0) is 51.0 Å². The number of carbonyl (C=O) groups excluding carboxylic acids is 1. The molecule has 5 nitrogen and oxygen atoms in total. The summed E-state index contributed by atoms with van der Waals surface area (Å²) < 4.78 is 1.92. The number of fused-ring (bicyclic) bond motifs is 2. The van der Waals surface area contributed by atoms with E-state index in [4.69, 9.17) is 4.98 Å². The summed E-state index contributed by atoms with van der Waals surface area (Å²) in [5.74, 6) is 0.613. The highest BCUT2D eigenvalue weighted by Gasteiger charge is 2.26. The maximum absolute atomic E-state index is 12.8. The van der Waals surface area contributed by atoms with E-state index < -0.39 is 0 Å². The molecule has 0 radical (unpaired) electrons. The van der Waals surface area contributed by atoms with Crippen molar-refractivity contribution in [1.82, 2.24) is 20.1 Å². The Morgan fingerprint density at radius 3 is 2.78 bits per heavy atom. The Morgan fingerprint density at radius 1 is 1.30 bits per heavy atom. The summed E-state index contributed by atoms with van der Waals surface area (Å²) in [4.78, 5) is 17.6. The van der Waals surface area contributed by atoms with Crippen LogP contribution >= 0.6 is 0 Å². The standard InChI is InChI=1S/C18H26N4O/c1-11(2)8-9-19-18(23)16-13-6-5-7-15(13)21-17-14(16)10-20-22(17)12(3)4/h10-12H,5-9H2,1-4H3,(H,19,23). The number of pyridine rings is 1. The van der Waals surface area contributed by atoms with Crippen LogP contribution in [0.15, 0.2) is 6.20 Å². The monoisotopic (exact) mass is 314 g/mol. The molecule has 1 amide bonds. The molecule has 3 rings (SSSR count). The number of aryl methyl sites for hydroxylation is 1. The van der Waals surface area contributed by atoms with Crippen molar-refractivity contribution in [3.05, 3.63) is 23.0 Å². The SMILES string of the molecule is CC(C)CCNC(=O)c1c2c(nc3c1cnn3C(C)C)CCC2. The van der Waals surface area contributed by atoms with Crippen molar-refractivity contribution in [2.24, 2.45) is 5.92 Å². The Labute approximate surface area is 137 Å². The number of hydrogen-bond acceptors (Lipinski definition) is 3. The van der Waals surface area contributed by atoms with Gasteiger partial charge in [0.1, 0.15) is 0 Å². The van der Waals surface area contributed by atoms with Crippen molar-refractivity contribution in [1.29, 1.82) is 0 Å². The van der Waals surface area contributed by atoms with Crippen LogP contribution in [0.5, 0.6) is 0 Å². The van der Waals surface area contributed by atoms with Crippen molar-refractivity contribution < 1.29 is 4.79 Å². The quantitative estimate of drug-likeness (QED) is 0.921. The molecule has 2 aromatic rings. The second-order valence-corrected chi connectivity index (χ2v) is 7.12. The molecule has 23 heavy (non-hydrogen) atoms. The highest BCUT2D eigenvalue weighted by molar-refractivity contribution is 6.07. The van der Waals surface area contributed by atoms with Gasteiger partial charge >= 0.3 is 0 Å². The zero-order valence-electron chi connectivity index (χ0n) is 14.5. The van der Waals surface area contributed by atoms with E-state index in [2.05, 4.69) is 38.1 Å². The molecule has 0 atom stereocenters. The molecule has 0 spiro atoms. The smallest absolute Gasteiger partial charge is 0.252 e. The average molecular weight is 314 g/mol. The lowest BCUT2D eigenvalue weighted by molar-refractivity contribution is 0.0952. The number of nitrogens with zero attached hydrogens (tertiary/aromatic N) is 3. The predicted molar refractivity (Wildman–Crippen MR) is 91.7 cm³/mol. The first-order valence-corrected chi connectivity index (χ1v) is 8.66. The Morgan fingerprint density at radius 2 is 2.09 bits per heavy atom. The minimum atomic E-state index is 0.0273. The van der Waals surface area contributed by atoms with Gasteiger partial charge in [0.15, 0.2) is 5.65 Å². The number of aromatic nitrogens is 3. The first-order chi connectivity index (χ1) is 11.0. The van der Waals surface area contributed by atoms with Gasteiger partial charge in [0.2, 0.25) is 0 Å². The summed E-state index contributed by atoms with van der Waals surface area (Å²) in [5, 5.41) is 8.44. The topological polar surface area (TPSA) is 59.8 Å². The van der Waals surface area contributed by atoms with Gasteiger partial charge < -0.3 is 5.32 Å². The maximum Gasteiger partial charge on any atom is 0.252 e. The third-order valence-corrected chi connectivity index (χ3v) is 4.49. The molecule has 0 aliphatic heterocycles. The van der Waals surface area contributed by atoms with Crippen molar-refractivity contribution >= 4 is 16.9 Å². The summed E-state index contributed by atoms with van der Waals surface area (Å²) in [6.45, 7) is 9.23.